The van der Waals surface area contributed by atoms with Gasteiger partial charge in [0.25, 0.3) is 0 Å². The molecule has 0 fully saturated rings. The van der Waals surface area contributed by atoms with Gasteiger partial charge in [-0.25, -0.2) is 9.59 Å². The van der Waals surface area contributed by atoms with Crippen molar-refractivity contribution in [3.63, 3.8) is 0 Å². The Kier molecular flexibility index (Phi) is 9.51. The minimum Gasteiger partial charge on any atom is -0.502 e. The molecule has 0 aliphatic heterocycles. The predicted molar refractivity (Wildman–Crippen MR) is 111 cm³/mol. The molecule has 0 saturated carbocycles. The van der Waals surface area contributed by atoms with Gasteiger partial charge in [0.2, 0.25) is 5.75 Å². The third kappa shape index (κ3) is 5.22. The maximum absolute atomic E-state index is 11.9. The lowest BCUT2D eigenvalue weighted by Crippen LogP contribution is -2.16. The van der Waals surface area contributed by atoms with Crippen LogP contribution in [-0.2, 0) is 22.4 Å². The highest BCUT2D eigenvalue weighted by atomic mass is 16.5. The number of carbonyl (C=O) groups is 2. The number of phenolic OH excluding ortho intramolecular Hbond substituents is 1. The third-order valence-corrected chi connectivity index (χ3v) is 5.01. The first-order valence-corrected chi connectivity index (χ1v) is 9.99. The molecule has 0 unspecified atom stereocenters. The van der Waals surface area contributed by atoms with Crippen molar-refractivity contribution in [1.29, 1.82) is 0 Å². The average Bonchev–Trinajstić information content (AvgIpc) is 2.68. The minimum absolute atomic E-state index is 0.162. The van der Waals surface area contributed by atoms with Crippen LogP contribution in [-0.4, -0.2) is 41.5 Å². The van der Waals surface area contributed by atoms with Crippen LogP contribution < -0.4 is 9.47 Å². The van der Waals surface area contributed by atoms with E-state index in [-0.39, 0.29) is 22.8 Å². The predicted octanol–water partition coefficient (Wildman–Crippen LogP) is 4.43. The number of aliphatic carboxylic acids is 2. The fourth-order valence-electron chi connectivity index (χ4n) is 3.73. The van der Waals surface area contributed by atoms with Crippen molar-refractivity contribution in [2.45, 2.75) is 65.7 Å². The highest BCUT2D eigenvalue weighted by Crippen LogP contribution is 2.48. The lowest BCUT2D eigenvalue weighted by molar-refractivity contribution is -0.140. The second kappa shape index (κ2) is 11.3. The second-order valence-electron chi connectivity index (χ2n) is 6.73. The molecule has 3 N–H and O–H groups in total. The summed E-state index contributed by atoms with van der Waals surface area (Å²) < 4.78 is 10.8. The normalized spacial score (nSPS) is 10.5. The molecule has 0 aromatic heterocycles. The van der Waals surface area contributed by atoms with Gasteiger partial charge in [0.1, 0.15) is 5.57 Å². The average molecular weight is 408 g/mol. The molecular formula is C22H32O7. The van der Waals surface area contributed by atoms with Gasteiger partial charge >= 0.3 is 11.9 Å². The van der Waals surface area contributed by atoms with Crippen LogP contribution in [0.2, 0.25) is 0 Å². The van der Waals surface area contributed by atoms with Gasteiger partial charge in [-0.05, 0) is 36.8 Å². The summed E-state index contributed by atoms with van der Waals surface area (Å²) in [6.45, 7) is 5.77. The molecule has 29 heavy (non-hydrogen) atoms. The van der Waals surface area contributed by atoms with Crippen LogP contribution in [0.4, 0.5) is 0 Å². The SMILES string of the molecule is CCCCCCC(=C(C(=O)O)C(=O)O)c1c(CC)c(OC)c(O)c(OC)c1CC. The molecule has 0 spiro atoms. The lowest BCUT2D eigenvalue weighted by Gasteiger charge is -2.24. The molecular weight excluding hydrogens is 376 g/mol. The van der Waals surface area contributed by atoms with E-state index in [2.05, 4.69) is 6.92 Å². The van der Waals surface area contributed by atoms with Crippen molar-refractivity contribution in [2.24, 2.45) is 0 Å². The number of rotatable bonds is 12. The van der Waals surface area contributed by atoms with Gasteiger partial charge in [0, 0.05) is 11.1 Å². The van der Waals surface area contributed by atoms with E-state index in [1.165, 1.54) is 14.2 Å². The number of methoxy groups -OCH3 is 2. The van der Waals surface area contributed by atoms with Gasteiger partial charge in [-0.1, -0.05) is 40.0 Å². The topological polar surface area (TPSA) is 113 Å². The van der Waals surface area contributed by atoms with Gasteiger partial charge in [-0.2, -0.15) is 0 Å². The monoisotopic (exact) mass is 408 g/mol. The second-order valence-corrected chi connectivity index (χ2v) is 6.73. The van der Waals surface area contributed by atoms with Gasteiger partial charge in [0.15, 0.2) is 11.5 Å². The number of unbranched alkanes of at least 4 members (excludes halogenated alkanes) is 3. The number of hydrogen-bond donors (Lipinski definition) is 3. The largest absolute Gasteiger partial charge is 0.502 e. The van der Waals surface area contributed by atoms with E-state index in [0.29, 0.717) is 42.4 Å². The van der Waals surface area contributed by atoms with Crippen molar-refractivity contribution < 1.29 is 34.4 Å². The van der Waals surface area contributed by atoms with Crippen LogP contribution in [0.3, 0.4) is 0 Å². The fourth-order valence-corrected chi connectivity index (χ4v) is 3.73. The molecule has 162 valence electrons. The molecule has 1 rings (SSSR count). The van der Waals surface area contributed by atoms with E-state index >= 15 is 0 Å². The van der Waals surface area contributed by atoms with Crippen molar-refractivity contribution in [3.8, 4) is 17.2 Å². The molecule has 0 atom stereocenters. The number of aromatic hydroxyl groups is 1. The molecule has 7 heteroatoms. The number of carboxylic acids is 2. The van der Waals surface area contributed by atoms with Crippen LogP contribution in [0.15, 0.2) is 5.57 Å². The first-order chi connectivity index (χ1) is 13.8. The molecule has 0 amide bonds. The number of ether oxygens (including phenoxy) is 2. The number of allylic oxidation sites excluding steroid dienone is 1. The summed E-state index contributed by atoms with van der Waals surface area (Å²) in [5.74, 6) is -2.78. The van der Waals surface area contributed by atoms with Crippen molar-refractivity contribution in [2.75, 3.05) is 14.2 Å². The number of benzene rings is 1. The highest BCUT2D eigenvalue weighted by molar-refractivity contribution is 6.19. The summed E-state index contributed by atoms with van der Waals surface area (Å²) in [4.78, 5) is 23.7. The maximum Gasteiger partial charge on any atom is 0.343 e. The van der Waals surface area contributed by atoms with Gasteiger partial charge in [0.05, 0.1) is 14.2 Å². The van der Waals surface area contributed by atoms with E-state index in [1.807, 2.05) is 13.8 Å². The fraction of sp³-hybridized carbons (Fsp3) is 0.545. The summed E-state index contributed by atoms with van der Waals surface area (Å²) in [5, 5.41) is 29.9. The number of hydrogen-bond acceptors (Lipinski definition) is 5. The summed E-state index contributed by atoms with van der Waals surface area (Å²) in [6, 6.07) is 0. The molecule has 0 bridgehead atoms. The zero-order valence-electron chi connectivity index (χ0n) is 17.9. The summed E-state index contributed by atoms with van der Waals surface area (Å²) in [5.41, 5.74) is 1.24. The number of phenols is 1. The van der Waals surface area contributed by atoms with E-state index in [9.17, 15) is 24.9 Å². The van der Waals surface area contributed by atoms with E-state index in [1.54, 1.807) is 0 Å². The van der Waals surface area contributed by atoms with Crippen LogP contribution in [0.5, 0.6) is 17.2 Å². The Labute approximate surface area is 172 Å². The molecule has 0 saturated heterocycles. The first-order valence-electron chi connectivity index (χ1n) is 9.99. The Morgan fingerprint density at radius 1 is 0.828 bits per heavy atom. The zero-order chi connectivity index (χ0) is 22.1. The Hall–Kier alpha value is -2.70. The van der Waals surface area contributed by atoms with Crippen LogP contribution in [0, 0.1) is 0 Å². The third-order valence-electron chi connectivity index (χ3n) is 5.01. The molecule has 0 aliphatic rings. The smallest absolute Gasteiger partial charge is 0.343 e. The first kappa shape index (κ1) is 24.3. The molecule has 1 aromatic carbocycles. The van der Waals surface area contributed by atoms with Gasteiger partial charge in [-0.15, -0.1) is 0 Å². The maximum atomic E-state index is 11.9. The minimum atomic E-state index is -1.49. The zero-order valence-corrected chi connectivity index (χ0v) is 17.9. The van der Waals surface area contributed by atoms with Crippen molar-refractivity contribution in [1.82, 2.24) is 0 Å². The molecule has 1 aromatic rings. The van der Waals surface area contributed by atoms with E-state index < -0.39 is 17.5 Å². The summed E-state index contributed by atoms with van der Waals surface area (Å²) in [6.07, 6.45) is 4.65. The molecule has 0 heterocycles. The van der Waals surface area contributed by atoms with Crippen molar-refractivity contribution >= 4 is 17.5 Å². The van der Waals surface area contributed by atoms with Crippen LogP contribution in [0.25, 0.3) is 5.57 Å². The summed E-state index contributed by atoms with van der Waals surface area (Å²) in [7, 11) is 2.81. The van der Waals surface area contributed by atoms with Gasteiger partial charge < -0.3 is 24.8 Å². The highest BCUT2D eigenvalue weighted by Gasteiger charge is 2.30. The van der Waals surface area contributed by atoms with Crippen LogP contribution >= 0.6 is 0 Å². The van der Waals surface area contributed by atoms with Gasteiger partial charge in [-0.3, -0.25) is 0 Å². The lowest BCUT2D eigenvalue weighted by atomic mass is 9.84. The molecule has 7 nitrogen and oxygen atoms in total. The Morgan fingerprint density at radius 2 is 1.31 bits per heavy atom. The number of carboxylic acid groups (broad SMARTS) is 2. The van der Waals surface area contributed by atoms with E-state index in [0.717, 1.165) is 19.3 Å². The van der Waals surface area contributed by atoms with E-state index in [4.69, 9.17) is 9.47 Å². The summed E-state index contributed by atoms with van der Waals surface area (Å²) >= 11 is 0. The molecule has 0 aliphatic carbocycles. The Balaban J connectivity index is 3.98. The molecule has 0 radical (unpaired) electrons. The van der Waals surface area contributed by atoms with Crippen molar-refractivity contribution in [3.05, 3.63) is 22.3 Å². The standard InChI is InChI=1S/C22H32O7/c1-6-9-10-11-12-15(17(21(24)25)22(26)27)16-13(7-2)19(28-4)18(23)20(29-5)14(16)8-3/h23H,6-12H2,1-5H3,(H,24,25)(H,26,27). The van der Waals surface area contributed by atoms with Crippen LogP contribution in [0.1, 0.15) is 69.6 Å². The quantitative estimate of drug-likeness (QED) is 0.203. The Bertz CT molecular complexity index is 729. The Morgan fingerprint density at radius 3 is 1.66 bits per heavy atom.